The highest BCUT2D eigenvalue weighted by Gasteiger charge is 2.08. The van der Waals surface area contributed by atoms with Crippen LogP contribution in [-0.4, -0.2) is 6.04 Å². The van der Waals surface area contributed by atoms with Crippen molar-refractivity contribution < 1.29 is 0 Å². The van der Waals surface area contributed by atoms with Gasteiger partial charge in [0.1, 0.15) is 0 Å². The SMILES string of the molecule is C#CC(C)NC(C)c1csc(Cl)c1. The summed E-state index contributed by atoms with van der Waals surface area (Å²) in [7, 11) is 0. The summed E-state index contributed by atoms with van der Waals surface area (Å²) in [6.45, 7) is 4.04. The van der Waals surface area contributed by atoms with Crippen LogP contribution in [0.3, 0.4) is 0 Å². The van der Waals surface area contributed by atoms with E-state index in [0.717, 1.165) is 4.34 Å². The van der Waals surface area contributed by atoms with E-state index < -0.39 is 0 Å². The standard InChI is InChI=1S/C10H12ClNS/c1-4-7(2)12-8(3)9-5-10(11)13-6-9/h1,5-8,12H,2-3H3. The number of halogens is 1. The topological polar surface area (TPSA) is 12.0 Å². The molecule has 0 radical (unpaired) electrons. The first-order valence-electron chi connectivity index (χ1n) is 4.09. The van der Waals surface area contributed by atoms with E-state index in [1.54, 1.807) is 11.3 Å². The first kappa shape index (κ1) is 10.6. The van der Waals surface area contributed by atoms with Crippen LogP contribution in [0.2, 0.25) is 4.34 Å². The average molecular weight is 214 g/mol. The summed E-state index contributed by atoms with van der Waals surface area (Å²) in [5.41, 5.74) is 1.19. The van der Waals surface area contributed by atoms with Crippen molar-refractivity contribution in [2.24, 2.45) is 0 Å². The molecule has 2 unspecified atom stereocenters. The quantitative estimate of drug-likeness (QED) is 0.762. The molecule has 0 amide bonds. The van der Waals surface area contributed by atoms with E-state index in [9.17, 15) is 0 Å². The van der Waals surface area contributed by atoms with E-state index in [1.165, 1.54) is 5.56 Å². The number of hydrogen-bond acceptors (Lipinski definition) is 2. The van der Waals surface area contributed by atoms with Gasteiger partial charge in [-0.3, -0.25) is 5.32 Å². The molecular weight excluding hydrogens is 202 g/mol. The molecule has 1 aromatic heterocycles. The van der Waals surface area contributed by atoms with E-state index >= 15 is 0 Å². The lowest BCUT2D eigenvalue weighted by Gasteiger charge is -2.14. The fourth-order valence-electron chi connectivity index (χ4n) is 1.07. The van der Waals surface area contributed by atoms with Crippen LogP contribution in [0.15, 0.2) is 11.4 Å². The fourth-order valence-corrected chi connectivity index (χ4v) is 2.05. The molecule has 0 aromatic carbocycles. The molecule has 1 heterocycles. The summed E-state index contributed by atoms with van der Waals surface area (Å²) in [4.78, 5) is 0. The first-order valence-corrected chi connectivity index (χ1v) is 5.35. The predicted octanol–water partition coefficient (Wildman–Crippen LogP) is 3.07. The van der Waals surface area contributed by atoms with Crippen LogP contribution in [0.1, 0.15) is 25.5 Å². The minimum absolute atomic E-state index is 0.0914. The van der Waals surface area contributed by atoms with E-state index in [1.807, 2.05) is 18.4 Å². The van der Waals surface area contributed by atoms with Crippen LogP contribution in [0.5, 0.6) is 0 Å². The molecule has 0 bridgehead atoms. The Balaban J connectivity index is 2.59. The summed E-state index contributed by atoms with van der Waals surface area (Å²) in [6, 6.07) is 2.32. The Kier molecular flexibility index (Phi) is 3.80. The highest BCUT2D eigenvalue weighted by Crippen LogP contribution is 2.24. The maximum atomic E-state index is 5.83. The van der Waals surface area contributed by atoms with Gasteiger partial charge in [0.2, 0.25) is 0 Å². The molecule has 0 aliphatic heterocycles. The van der Waals surface area contributed by atoms with Gasteiger partial charge in [0, 0.05) is 6.04 Å². The highest BCUT2D eigenvalue weighted by molar-refractivity contribution is 7.14. The zero-order chi connectivity index (χ0) is 9.84. The van der Waals surface area contributed by atoms with Gasteiger partial charge >= 0.3 is 0 Å². The molecule has 2 atom stereocenters. The zero-order valence-electron chi connectivity index (χ0n) is 7.67. The Hall–Kier alpha value is -0.490. The van der Waals surface area contributed by atoms with Gasteiger partial charge in [-0.1, -0.05) is 17.5 Å². The van der Waals surface area contributed by atoms with Gasteiger partial charge in [-0.15, -0.1) is 17.8 Å². The molecule has 1 rings (SSSR count). The first-order chi connectivity index (χ1) is 6.13. The molecule has 0 saturated carbocycles. The van der Waals surface area contributed by atoms with Gasteiger partial charge in [-0.25, -0.2) is 0 Å². The Morgan fingerprint density at radius 3 is 2.77 bits per heavy atom. The molecular formula is C10H12ClNS. The second kappa shape index (κ2) is 4.66. The second-order valence-electron chi connectivity index (χ2n) is 2.96. The third kappa shape index (κ3) is 3.04. The molecule has 0 fully saturated rings. The molecule has 3 heteroatoms. The number of thiophene rings is 1. The average Bonchev–Trinajstić information content (AvgIpc) is 2.51. The van der Waals surface area contributed by atoms with E-state index in [4.69, 9.17) is 18.0 Å². The van der Waals surface area contributed by atoms with Crippen molar-refractivity contribution in [2.45, 2.75) is 25.9 Å². The summed E-state index contributed by atoms with van der Waals surface area (Å²) in [5.74, 6) is 2.63. The number of terminal acetylenes is 1. The molecule has 0 saturated heterocycles. The predicted molar refractivity (Wildman–Crippen MR) is 59.2 cm³/mol. The van der Waals surface area contributed by atoms with Crippen molar-refractivity contribution in [3.63, 3.8) is 0 Å². The molecule has 0 spiro atoms. The molecule has 0 aliphatic rings. The monoisotopic (exact) mass is 213 g/mol. The summed E-state index contributed by atoms with van der Waals surface area (Å²) in [5, 5.41) is 5.32. The normalized spacial score (nSPS) is 14.9. The van der Waals surface area contributed by atoms with Crippen LogP contribution in [0.25, 0.3) is 0 Å². The third-order valence-electron chi connectivity index (χ3n) is 1.84. The van der Waals surface area contributed by atoms with Gasteiger partial charge in [0.05, 0.1) is 10.4 Å². The molecule has 1 nitrogen and oxygen atoms in total. The van der Waals surface area contributed by atoms with Crippen molar-refractivity contribution in [2.75, 3.05) is 0 Å². The van der Waals surface area contributed by atoms with E-state index in [2.05, 4.69) is 18.2 Å². The Bertz CT molecular complexity index is 313. The van der Waals surface area contributed by atoms with Crippen molar-refractivity contribution in [1.82, 2.24) is 5.32 Å². The smallest absolute Gasteiger partial charge is 0.0931 e. The van der Waals surface area contributed by atoms with Gasteiger partial charge in [-0.05, 0) is 30.9 Å². The zero-order valence-corrected chi connectivity index (χ0v) is 9.25. The molecule has 1 aromatic rings. The molecule has 70 valence electrons. The van der Waals surface area contributed by atoms with Crippen LogP contribution in [-0.2, 0) is 0 Å². The van der Waals surface area contributed by atoms with Crippen molar-refractivity contribution >= 4 is 22.9 Å². The van der Waals surface area contributed by atoms with Crippen molar-refractivity contribution in [1.29, 1.82) is 0 Å². The number of nitrogens with one attached hydrogen (secondary N) is 1. The number of hydrogen-bond donors (Lipinski definition) is 1. The van der Waals surface area contributed by atoms with E-state index in [-0.39, 0.29) is 12.1 Å². The largest absolute Gasteiger partial charge is 0.297 e. The third-order valence-corrected chi connectivity index (χ3v) is 2.95. The lowest BCUT2D eigenvalue weighted by molar-refractivity contribution is 0.547. The molecule has 13 heavy (non-hydrogen) atoms. The van der Waals surface area contributed by atoms with Gasteiger partial charge < -0.3 is 0 Å². The van der Waals surface area contributed by atoms with E-state index in [0.29, 0.717) is 0 Å². The maximum absolute atomic E-state index is 5.83. The van der Waals surface area contributed by atoms with Crippen molar-refractivity contribution in [3.05, 3.63) is 21.3 Å². The van der Waals surface area contributed by atoms with Crippen LogP contribution in [0, 0.1) is 12.3 Å². The second-order valence-corrected chi connectivity index (χ2v) is 4.50. The lowest BCUT2D eigenvalue weighted by atomic mass is 10.1. The summed E-state index contributed by atoms with van der Waals surface area (Å²) >= 11 is 7.37. The van der Waals surface area contributed by atoms with Crippen LogP contribution in [0.4, 0.5) is 0 Å². The van der Waals surface area contributed by atoms with Crippen LogP contribution >= 0.6 is 22.9 Å². The molecule has 0 aliphatic carbocycles. The minimum atomic E-state index is 0.0914. The maximum Gasteiger partial charge on any atom is 0.0931 e. The lowest BCUT2D eigenvalue weighted by Crippen LogP contribution is -2.27. The number of rotatable bonds is 3. The fraction of sp³-hybridized carbons (Fsp3) is 0.400. The minimum Gasteiger partial charge on any atom is -0.297 e. The Morgan fingerprint density at radius 2 is 2.31 bits per heavy atom. The van der Waals surface area contributed by atoms with Gasteiger partial charge in [0.25, 0.3) is 0 Å². The van der Waals surface area contributed by atoms with Crippen LogP contribution < -0.4 is 5.32 Å². The Labute approximate surface area is 88.1 Å². The summed E-state index contributed by atoms with van der Waals surface area (Å²) in [6.07, 6.45) is 5.27. The molecule has 1 N–H and O–H groups in total. The Morgan fingerprint density at radius 1 is 1.62 bits per heavy atom. The van der Waals surface area contributed by atoms with Crippen molar-refractivity contribution in [3.8, 4) is 12.3 Å². The highest BCUT2D eigenvalue weighted by atomic mass is 35.5. The van der Waals surface area contributed by atoms with Gasteiger partial charge in [0.15, 0.2) is 0 Å². The van der Waals surface area contributed by atoms with Gasteiger partial charge in [-0.2, -0.15) is 0 Å². The summed E-state index contributed by atoms with van der Waals surface area (Å²) < 4.78 is 0.817.